The lowest BCUT2D eigenvalue weighted by molar-refractivity contribution is 0.262. The van der Waals surface area contributed by atoms with Crippen molar-refractivity contribution in [3.63, 3.8) is 0 Å². The van der Waals surface area contributed by atoms with E-state index in [-0.39, 0.29) is 6.03 Å². The van der Waals surface area contributed by atoms with E-state index < -0.39 is 0 Å². The first-order valence-electron chi connectivity index (χ1n) is 6.18. The Balaban J connectivity index is 1.74. The van der Waals surface area contributed by atoms with Crippen LogP contribution in [0.4, 0.5) is 15.7 Å². The summed E-state index contributed by atoms with van der Waals surface area (Å²) in [6.45, 7) is 0. The van der Waals surface area contributed by atoms with Gasteiger partial charge in [-0.3, -0.25) is 10.6 Å². The smallest absolute Gasteiger partial charge is 0.326 e. The topological polar surface area (TPSA) is 76.1 Å². The van der Waals surface area contributed by atoms with Crippen LogP contribution in [-0.2, 0) is 0 Å². The molecule has 2 amide bonds. The van der Waals surface area contributed by atoms with Crippen LogP contribution in [-0.4, -0.2) is 23.1 Å². The molecule has 0 fully saturated rings. The zero-order chi connectivity index (χ0) is 14.7. The van der Waals surface area contributed by atoms with Crippen molar-refractivity contribution in [2.45, 2.75) is 0 Å². The number of fused-ring (bicyclic) bond motifs is 1. The van der Waals surface area contributed by atoms with Gasteiger partial charge in [0.05, 0.1) is 17.3 Å². The molecule has 3 aromatic rings. The number of carbonyl (C=O) groups excluding carboxylic acids is 1. The van der Waals surface area contributed by atoms with Crippen molar-refractivity contribution in [1.82, 2.24) is 9.97 Å². The third kappa shape index (κ3) is 3.09. The first-order valence-corrected chi connectivity index (χ1v) is 7.00. The van der Waals surface area contributed by atoms with E-state index in [2.05, 4.69) is 20.6 Å². The number of ether oxygens (including phenoxy) is 1. The number of thiazole rings is 1. The summed E-state index contributed by atoms with van der Waals surface area (Å²) in [5.74, 6) is 1.24. The van der Waals surface area contributed by atoms with E-state index in [1.165, 1.54) is 11.3 Å². The molecule has 2 aromatic heterocycles. The summed E-state index contributed by atoms with van der Waals surface area (Å²) in [5, 5.41) is 5.85. The Morgan fingerprint density at radius 3 is 2.90 bits per heavy atom. The number of hydrogen-bond acceptors (Lipinski definition) is 5. The first kappa shape index (κ1) is 13.3. The van der Waals surface area contributed by atoms with Crippen LogP contribution in [0, 0.1) is 0 Å². The predicted molar refractivity (Wildman–Crippen MR) is 83.1 cm³/mol. The van der Waals surface area contributed by atoms with Gasteiger partial charge in [0, 0.05) is 6.20 Å². The molecule has 2 N–H and O–H groups in total. The van der Waals surface area contributed by atoms with E-state index >= 15 is 0 Å². The second-order valence-electron chi connectivity index (χ2n) is 4.15. The molecule has 0 bridgehead atoms. The summed E-state index contributed by atoms with van der Waals surface area (Å²) in [6, 6.07) is 10.5. The monoisotopic (exact) mass is 300 g/mol. The van der Waals surface area contributed by atoms with Crippen molar-refractivity contribution < 1.29 is 9.53 Å². The second kappa shape index (κ2) is 5.76. The van der Waals surface area contributed by atoms with Gasteiger partial charge in [0.1, 0.15) is 11.6 Å². The van der Waals surface area contributed by atoms with Crippen LogP contribution in [0.2, 0.25) is 0 Å². The van der Waals surface area contributed by atoms with Crippen LogP contribution in [0.5, 0.6) is 5.75 Å². The molecular weight excluding hydrogens is 288 g/mol. The molecular formula is C14H12N4O2S. The summed E-state index contributed by atoms with van der Waals surface area (Å²) in [7, 11) is 1.61. The molecule has 0 saturated heterocycles. The number of aromatic nitrogens is 2. The summed E-state index contributed by atoms with van der Waals surface area (Å²) in [6.07, 6.45) is 1.61. The molecule has 0 aliphatic rings. The van der Waals surface area contributed by atoms with Gasteiger partial charge >= 0.3 is 6.03 Å². The number of urea groups is 1. The molecule has 0 saturated carbocycles. The Morgan fingerprint density at radius 1 is 1.24 bits per heavy atom. The number of hydrogen-bond donors (Lipinski definition) is 2. The third-order valence-corrected chi connectivity index (χ3v) is 3.66. The van der Waals surface area contributed by atoms with Crippen LogP contribution in [0.1, 0.15) is 0 Å². The average Bonchev–Trinajstić information content (AvgIpc) is 2.89. The molecule has 6 nitrogen and oxygen atoms in total. The molecule has 0 aliphatic heterocycles. The van der Waals surface area contributed by atoms with Crippen LogP contribution < -0.4 is 15.4 Å². The standard InChI is InChI=1S/C14H12N4O2S/c1-20-9-5-6-10-11(8-9)21-14(16-10)18-13(19)17-12-4-2-3-7-15-12/h2-8H,1H3,(H2,15,16,17,18,19). The molecule has 21 heavy (non-hydrogen) atoms. The zero-order valence-electron chi connectivity index (χ0n) is 11.2. The number of anilines is 2. The zero-order valence-corrected chi connectivity index (χ0v) is 12.0. The quantitative estimate of drug-likeness (QED) is 0.777. The molecule has 0 unspecified atom stereocenters. The second-order valence-corrected chi connectivity index (χ2v) is 5.18. The van der Waals surface area contributed by atoms with Gasteiger partial charge in [-0.15, -0.1) is 0 Å². The fraction of sp³-hybridized carbons (Fsp3) is 0.0714. The number of nitrogens with one attached hydrogen (secondary N) is 2. The SMILES string of the molecule is COc1ccc2nc(NC(=O)Nc3ccccn3)sc2c1. The minimum atomic E-state index is -0.375. The fourth-order valence-corrected chi connectivity index (χ4v) is 2.66. The lowest BCUT2D eigenvalue weighted by Gasteiger charge is -2.03. The van der Waals surface area contributed by atoms with Crippen molar-refractivity contribution in [3.05, 3.63) is 42.6 Å². The van der Waals surface area contributed by atoms with Crippen molar-refractivity contribution in [2.75, 3.05) is 17.7 Å². The van der Waals surface area contributed by atoms with Crippen molar-refractivity contribution in [1.29, 1.82) is 0 Å². The highest BCUT2D eigenvalue weighted by molar-refractivity contribution is 7.22. The average molecular weight is 300 g/mol. The molecule has 7 heteroatoms. The van der Waals surface area contributed by atoms with Gasteiger partial charge < -0.3 is 4.74 Å². The van der Waals surface area contributed by atoms with Gasteiger partial charge in [-0.25, -0.2) is 14.8 Å². The minimum absolute atomic E-state index is 0.375. The summed E-state index contributed by atoms with van der Waals surface area (Å²) >= 11 is 1.38. The number of rotatable bonds is 3. The van der Waals surface area contributed by atoms with Crippen molar-refractivity contribution in [3.8, 4) is 5.75 Å². The molecule has 106 valence electrons. The Kier molecular flexibility index (Phi) is 3.65. The van der Waals surface area contributed by atoms with E-state index in [4.69, 9.17) is 4.74 Å². The highest BCUT2D eigenvalue weighted by Crippen LogP contribution is 2.29. The largest absolute Gasteiger partial charge is 0.497 e. The van der Waals surface area contributed by atoms with E-state index in [9.17, 15) is 4.79 Å². The molecule has 2 heterocycles. The Morgan fingerprint density at radius 2 is 2.14 bits per heavy atom. The minimum Gasteiger partial charge on any atom is -0.497 e. The molecule has 0 radical (unpaired) electrons. The summed E-state index contributed by atoms with van der Waals surface area (Å²) in [4.78, 5) is 20.2. The number of methoxy groups -OCH3 is 1. The molecule has 1 aromatic carbocycles. The molecule has 3 rings (SSSR count). The maximum absolute atomic E-state index is 11.9. The predicted octanol–water partition coefficient (Wildman–Crippen LogP) is 3.34. The number of nitrogens with zero attached hydrogens (tertiary/aromatic N) is 2. The lowest BCUT2D eigenvalue weighted by atomic mass is 10.3. The van der Waals surface area contributed by atoms with Gasteiger partial charge in [0.15, 0.2) is 5.13 Å². The van der Waals surface area contributed by atoms with Crippen LogP contribution in [0.25, 0.3) is 10.2 Å². The number of pyridine rings is 1. The lowest BCUT2D eigenvalue weighted by Crippen LogP contribution is -2.19. The third-order valence-electron chi connectivity index (χ3n) is 2.72. The van der Waals surface area contributed by atoms with Crippen LogP contribution in [0.3, 0.4) is 0 Å². The van der Waals surface area contributed by atoms with E-state index in [1.807, 2.05) is 18.2 Å². The fourth-order valence-electron chi connectivity index (χ4n) is 1.77. The van der Waals surface area contributed by atoms with Gasteiger partial charge in [0.25, 0.3) is 0 Å². The molecule has 0 spiro atoms. The number of benzene rings is 1. The van der Waals surface area contributed by atoms with Gasteiger partial charge in [-0.2, -0.15) is 0 Å². The Labute approximate surface area is 124 Å². The first-order chi connectivity index (χ1) is 10.2. The van der Waals surface area contributed by atoms with E-state index in [1.54, 1.807) is 31.5 Å². The highest BCUT2D eigenvalue weighted by atomic mass is 32.1. The van der Waals surface area contributed by atoms with Crippen LogP contribution >= 0.6 is 11.3 Å². The van der Waals surface area contributed by atoms with Gasteiger partial charge in [0.2, 0.25) is 0 Å². The normalized spacial score (nSPS) is 10.3. The Hall–Kier alpha value is -2.67. The maximum atomic E-state index is 11.9. The Bertz CT molecular complexity index is 773. The summed E-state index contributed by atoms with van der Waals surface area (Å²) in [5.41, 5.74) is 0.814. The van der Waals surface area contributed by atoms with Gasteiger partial charge in [-0.1, -0.05) is 17.4 Å². The highest BCUT2D eigenvalue weighted by Gasteiger charge is 2.09. The molecule has 0 aliphatic carbocycles. The van der Waals surface area contributed by atoms with Gasteiger partial charge in [-0.05, 0) is 30.3 Å². The van der Waals surface area contributed by atoms with Crippen LogP contribution in [0.15, 0.2) is 42.6 Å². The number of carbonyl (C=O) groups is 1. The molecule has 0 atom stereocenters. The summed E-state index contributed by atoms with van der Waals surface area (Å²) < 4.78 is 6.11. The van der Waals surface area contributed by atoms with E-state index in [0.717, 1.165) is 16.0 Å². The van der Waals surface area contributed by atoms with Crippen molar-refractivity contribution in [2.24, 2.45) is 0 Å². The van der Waals surface area contributed by atoms with Crippen molar-refractivity contribution >= 4 is 38.5 Å². The maximum Gasteiger partial charge on any atom is 0.326 e. The van der Waals surface area contributed by atoms with E-state index in [0.29, 0.717) is 10.9 Å². The number of amides is 2.